The largest absolute Gasteiger partial charge is 0.360 e. The van der Waals surface area contributed by atoms with Gasteiger partial charge in [0, 0.05) is 24.1 Å². The predicted octanol–water partition coefficient (Wildman–Crippen LogP) is 2.26. The van der Waals surface area contributed by atoms with E-state index in [0.717, 1.165) is 4.90 Å². The molecule has 7 nitrogen and oxygen atoms in total. The van der Waals surface area contributed by atoms with E-state index in [1.54, 1.807) is 19.1 Å². The molecule has 2 aromatic rings. The second-order valence-electron chi connectivity index (χ2n) is 5.07. The van der Waals surface area contributed by atoms with E-state index >= 15 is 0 Å². The van der Waals surface area contributed by atoms with E-state index in [0.29, 0.717) is 22.2 Å². The van der Waals surface area contributed by atoms with Gasteiger partial charge in [-0.05, 0) is 25.1 Å². The monoisotopic (exact) mass is 333 g/mol. The second-order valence-corrected chi connectivity index (χ2v) is 5.51. The normalized spacial score (nSPS) is 13.4. The number of rotatable bonds is 4. The van der Waals surface area contributed by atoms with Gasteiger partial charge < -0.3 is 9.84 Å². The Morgan fingerprint density at radius 1 is 1.26 bits per heavy atom. The summed E-state index contributed by atoms with van der Waals surface area (Å²) >= 11 is 5.84. The molecule has 0 radical (unpaired) electrons. The van der Waals surface area contributed by atoms with Gasteiger partial charge in [-0.15, -0.1) is 0 Å². The third-order valence-electron chi connectivity index (χ3n) is 3.39. The molecule has 0 fully saturated rings. The number of aromatic nitrogens is 1. The van der Waals surface area contributed by atoms with Crippen LogP contribution in [0.15, 0.2) is 28.8 Å². The molecule has 1 aromatic carbocycles. The fourth-order valence-electron chi connectivity index (χ4n) is 2.31. The van der Waals surface area contributed by atoms with Gasteiger partial charge in [-0.3, -0.25) is 19.3 Å². The molecule has 3 rings (SSSR count). The number of amides is 3. The molecule has 0 spiro atoms. The Bertz CT molecular complexity index is 815. The lowest BCUT2D eigenvalue weighted by Crippen LogP contribution is -2.32. The topological polar surface area (TPSA) is 92.5 Å². The van der Waals surface area contributed by atoms with Gasteiger partial charge in [-0.2, -0.15) is 0 Å². The fourth-order valence-corrected chi connectivity index (χ4v) is 2.48. The number of halogens is 1. The molecular weight excluding hydrogens is 322 g/mol. The molecule has 0 unspecified atom stereocenters. The van der Waals surface area contributed by atoms with Crippen molar-refractivity contribution < 1.29 is 18.9 Å². The fraction of sp³-hybridized carbons (Fsp3) is 0.200. The summed E-state index contributed by atoms with van der Waals surface area (Å²) in [6.45, 7) is 1.68. The van der Waals surface area contributed by atoms with Crippen molar-refractivity contribution in [2.24, 2.45) is 0 Å². The smallest absolute Gasteiger partial charge is 0.261 e. The zero-order valence-electron chi connectivity index (χ0n) is 12.1. The molecule has 0 saturated heterocycles. The number of aryl methyl sites for hydroxylation is 1. The zero-order valence-corrected chi connectivity index (χ0v) is 12.9. The molecule has 0 aliphatic carbocycles. The molecule has 0 atom stereocenters. The van der Waals surface area contributed by atoms with Crippen LogP contribution in [0.25, 0.3) is 0 Å². The van der Waals surface area contributed by atoms with Crippen LogP contribution in [0.4, 0.5) is 5.82 Å². The first-order valence-corrected chi connectivity index (χ1v) is 7.22. The maximum absolute atomic E-state index is 12.2. The first-order valence-electron chi connectivity index (χ1n) is 6.84. The number of carbonyl (C=O) groups is 3. The Labute approximate surface area is 136 Å². The first-order chi connectivity index (χ1) is 11.0. The summed E-state index contributed by atoms with van der Waals surface area (Å²) in [7, 11) is 0. The molecule has 8 heteroatoms. The van der Waals surface area contributed by atoms with Crippen LogP contribution in [0.2, 0.25) is 5.02 Å². The lowest BCUT2D eigenvalue weighted by Gasteiger charge is -2.12. The maximum Gasteiger partial charge on any atom is 0.261 e. The van der Waals surface area contributed by atoms with E-state index in [2.05, 4.69) is 10.5 Å². The molecule has 0 bridgehead atoms. The minimum atomic E-state index is -0.447. The van der Waals surface area contributed by atoms with Crippen molar-refractivity contribution in [1.29, 1.82) is 0 Å². The van der Waals surface area contributed by atoms with Crippen LogP contribution < -0.4 is 5.32 Å². The number of nitrogens with one attached hydrogen (secondary N) is 1. The molecule has 23 heavy (non-hydrogen) atoms. The number of imide groups is 1. The van der Waals surface area contributed by atoms with Crippen molar-refractivity contribution in [3.63, 3.8) is 0 Å². The van der Waals surface area contributed by atoms with Crippen molar-refractivity contribution >= 4 is 35.1 Å². The Balaban J connectivity index is 1.64. The van der Waals surface area contributed by atoms with Crippen molar-refractivity contribution in [1.82, 2.24) is 10.1 Å². The summed E-state index contributed by atoms with van der Waals surface area (Å²) in [5, 5.41) is 6.55. The van der Waals surface area contributed by atoms with Crippen LogP contribution in [0, 0.1) is 6.92 Å². The van der Waals surface area contributed by atoms with Crippen LogP contribution in [-0.2, 0) is 4.79 Å². The minimum absolute atomic E-state index is 0.0212. The predicted molar refractivity (Wildman–Crippen MR) is 81.3 cm³/mol. The Morgan fingerprint density at radius 3 is 2.70 bits per heavy atom. The van der Waals surface area contributed by atoms with Gasteiger partial charge in [-0.1, -0.05) is 16.8 Å². The molecule has 1 aliphatic heterocycles. The van der Waals surface area contributed by atoms with Crippen molar-refractivity contribution in [3.8, 4) is 0 Å². The number of anilines is 1. The summed E-state index contributed by atoms with van der Waals surface area (Å²) in [6.07, 6.45) is -0.0366. The summed E-state index contributed by atoms with van der Waals surface area (Å²) < 4.78 is 4.84. The molecule has 0 saturated carbocycles. The van der Waals surface area contributed by atoms with Crippen LogP contribution in [-0.4, -0.2) is 34.3 Å². The number of carbonyl (C=O) groups excluding carboxylic acids is 3. The third-order valence-corrected chi connectivity index (χ3v) is 3.63. The number of nitrogens with zero attached hydrogens (tertiary/aromatic N) is 2. The summed E-state index contributed by atoms with van der Waals surface area (Å²) in [6, 6.07) is 6.09. The quantitative estimate of drug-likeness (QED) is 0.866. The van der Waals surface area contributed by atoms with Gasteiger partial charge in [0.05, 0.1) is 11.1 Å². The molecule has 3 amide bonds. The average molecular weight is 334 g/mol. The summed E-state index contributed by atoms with van der Waals surface area (Å²) in [4.78, 5) is 37.3. The van der Waals surface area contributed by atoms with Crippen LogP contribution in [0.1, 0.15) is 32.9 Å². The molecule has 1 aliphatic rings. The highest BCUT2D eigenvalue weighted by atomic mass is 35.5. The van der Waals surface area contributed by atoms with Gasteiger partial charge in [0.1, 0.15) is 5.76 Å². The molecule has 118 valence electrons. The highest BCUT2D eigenvalue weighted by Crippen LogP contribution is 2.25. The van der Waals surface area contributed by atoms with E-state index in [1.807, 2.05) is 0 Å². The van der Waals surface area contributed by atoms with E-state index in [9.17, 15) is 14.4 Å². The van der Waals surface area contributed by atoms with Crippen molar-refractivity contribution in [2.45, 2.75) is 13.3 Å². The standard InChI is InChI=1S/C15H12ClN3O4/c1-8-6-12(18-23-8)17-13(20)4-5-19-14(21)10-3-2-9(16)7-11(10)15(19)22/h2-3,6-7H,4-5H2,1H3,(H,17,18,20). The highest BCUT2D eigenvalue weighted by Gasteiger charge is 2.35. The van der Waals surface area contributed by atoms with E-state index < -0.39 is 11.8 Å². The number of benzene rings is 1. The van der Waals surface area contributed by atoms with Crippen LogP contribution >= 0.6 is 11.6 Å². The van der Waals surface area contributed by atoms with Crippen molar-refractivity contribution in [2.75, 3.05) is 11.9 Å². The number of fused-ring (bicyclic) bond motifs is 1. The lowest BCUT2D eigenvalue weighted by atomic mass is 10.1. The molecule has 1 N–H and O–H groups in total. The van der Waals surface area contributed by atoms with Gasteiger partial charge >= 0.3 is 0 Å². The Morgan fingerprint density at radius 2 is 2.00 bits per heavy atom. The summed E-state index contributed by atoms with van der Waals surface area (Å²) in [5.74, 6) is -0.378. The Kier molecular flexibility index (Phi) is 3.87. The second kappa shape index (κ2) is 5.85. The van der Waals surface area contributed by atoms with Gasteiger partial charge in [0.2, 0.25) is 5.91 Å². The molecule has 2 heterocycles. The average Bonchev–Trinajstić information content (AvgIpc) is 3.00. The number of hydrogen-bond donors (Lipinski definition) is 1. The SMILES string of the molecule is Cc1cc(NC(=O)CCN2C(=O)c3ccc(Cl)cc3C2=O)no1. The summed E-state index contributed by atoms with van der Waals surface area (Å²) in [5.41, 5.74) is 0.557. The zero-order chi connectivity index (χ0) is 16.6. The maximum atomic E-state index is 12.2. The van der Waals surface area contributed by atoms with Crippen LogP contribution in [0.3, 0.4) is 0 Å². The highest BCUT2D eigenvalue weighted by molar-refractivity contribution is 6.32. The van der Waals surface area contributed by atoms with Gasteiger partial charge in [0.25, 0.3) is 11.8 Å². The third kappa shape index (κ3) is 2.95. The van der Waals surface area contributed by atoms with E-state index in [1.165, 1.54) is 12.1 Å². The van der Waals surface area contributed by atoms with E-state index in [-0.39, 0.29) is 24.4 Å². The molecule has 1 aromatic heterocycles. The van der Waals surface area contributed by atoms with Crippen LogP contribution in [0.5, 0.6) is 0 Å². The first kappa shape index (κ1) is 15.2. The van der Waals surface area contributed by atoms with E-state index in [4.69, 9.17) is 16.1 Å². The van der Waals surface area contributed by atoms with Gasteiger partial charge in [-0.25, -0.2) is 0 Å². The molecular formula is C15H12ClN3O4. The number of hydrogen-bond acceptors (Lipinski definition) is 5. The van der Waals surface area contributed by atoms with Crippen molar-refractivity contribution in [3.05, 3.63) is 46.2 Å². The lowest BCUT2D eigenvalue weighted by molar-refractivity contribution is -0.116. The Hall–Kier alpha value is -2.67. The minimum Gasteiger partial charge on any atom is -0.360 e. The van der Waals surface area contributed by atoms with Gasteiger partial charge in [0.15, 0.2) is 5.82 Å².